The largest absolute Gasteiger partial charge is 0.384 e. The van der Waals surface area contributed by atoms with Crippen LogP contribution in [0.4, 0.5) is 10.6 Å². The molecule has 3 aliphatic heterocycles. The highest BCUT2D eigenvalue weighted by atomic mass is 16.5. The number of pyridine rings is 1. The van der Waals surface area contributed by atoms with E-state index in [-0.39, 0.29) is 23.8 Å². The Morgan fingerprint density at radius 3 is 2.66 bits per heavy atom. The number of carbonyl (C=O) groups excluding carboxylic acids is 3. The van der Waals surface area contributed by atoms with Crippen molar-refractivity contribution < 1.29 is 19.1 Å². The number of hydrogen-bond acceptors (Lipinski definition) is 7. The van der Waals surface area contributed by atoms with E-state index >= 15 is 0 Å². The highest BCUT2D eigenvalue weighted by Crippen LogP contribution is 2.34. The Balaban J connectivity index is 1.28. The summed E-state index contributed by atoms with van der Waals surface area (Å²) in [5.74, 6) is -0.676. The van der Waals surface area contributed by atoms with Crippen molar-refractivity contribution in [2.24, 2.45) is 5.92 Å². The number of β-lactam (4-membered cyclic amide) rings is 1. The van der Waals surface area contributed by atoms with Gasteiger partial charge in [-0.25, -0.2) is 9.78 Å². The predicted molar refractivity (Wildman–Crippen MR) is 142 cm³/mol. The first-order valence-corrected chi connectivity index (χ1v) is 13.5. The van der Waals surface area contributed by atoms with Crippen molar-refractivity contribution in [3.05, 3.63) is 59.8 Å². The monoisotopic (exact) mass is 520 g/mol. The molecule has 2 aromatic rings. The maximum Gasteiger partial charge on any atom is 0.327 e. The summed E-state index contributed by atoms with van der Waals surface area (Å²) in [6, 6.07) is 12.4. The molecule has 202 valence electrons. The van der Waals surface area contributed by atoms with Gasteiger partial charge in [-0.3, -0.25) is 19.4 Å². The molecular weight excluding hydrogens is 484 g/mol. The molecule has 4 heterocycles. The number of ether oxygens (including phenoxy) is 1. The third-order valence-corrected chi connectivity index (χ3v) is 7.78. The summed E-state index contributed by atoms with van der Waals surface area (Å²) < 4.78 is 5.39. The highest BCUT2D eigenvalue weighted by Gasteiger charge is 2.55. The number of likely N-dealkylation sites (tertiary alicyclic amines) is 2. The van der Waals surface area contributed by atoms with E-state index in [0.29, 0.717) is 51.6 Å². The van der Waals surface area contributed by atoms with Crippen LogP contribution < -0.4 is 11.1 Å². The van der Waals surface area contributed by atoms with Crippen LogP contribution in [0, 0.1) is 5.92 Å². The molecule has 0 spiro atoms. The molecule has 1 aromatic heterocycles. The summed E-state index contributed by atoms with van der Waals surface area (Å²) >= 11 is 0. The summed E-state index contributed by atoms with van der Waals surface area (Å²) in [5, 5.41) is 2.98. The zero-order valence-corrected chi connectivity index (χ0v) is 21.6. The minimum Gasteiger partial charge on any atom is -0.384 e. The Morgan fingerprint density at radius 1 is 1.11 bits per heavy atom. The average Bonchev–Trinajstić information content (AvgIpc) is 2.95. The molecule has 1 aromatic carbocycles. The molecule has 0 unspecified atom stereocenters. The molecule has 10 heteroatoms. The molecular formula is C28H36N6O4. The number of hydrogen-bond donors (Lipinski definition) is 2. The van der Waals surface area contributed by atoms with Crippen LogP contribution in [0.2, 0.25) is 0 Å². The normalized spacial score (nSPS) is 24.1. The number of morpholine rings is 1. The predicted octanol–water partition coefficient (Wildman–Crippen LogP) is 1.48. The zero-order chi connectivity index (χ0) is 26.5. The molecule has 3 saturated heterocycles. The molecule has 3 aliphatic rings. The molecule has 0 radical (unpaired) electrons. The van der Waals surface area contributed by atoms with Gasteiger partial charge in [0.25, 0.3) is 0 Å². The molecule has 3 N–H and O–H groups in total. The Labute approximate surface area is 223 Å². The Bertz CT molecular complexity index is 1140. The number of rotatable bonds is 7. The number of nitrogens with one attached hydrogen (secondary N) is 1. The van der Waals surface area contributed by atoms with Crippen LogP contribution in [-0.4, -0.2) is 96.1 Å². The van der Waals surface area contributed by atoms with Crippen LogP contribution in [0.25, 0.3) is 0 Å². The van der Waals surface area contributed by atoms with E-state index < -0.39 is 12.0 Å². The number of anilines is 1. The molecule has 0 aliphatic carbocycles. The fraction of sp³-hybridized carbons (Fsp3) is 0.500. The average molecular weight is 521 g/mol. The first-order valence-electron chi connectivity index (χ1n) is 13.5. The van der Waals surface area contributed by atoms with Gasteiger partial charge in [0.15, 0.2) is 0 Å². The van der Waals surface area contributed by atoms with Crippen molar-refractivity contribution in [3.63, 3.8) is 0 Å². The lowest BCUT2D eigenvalue weighted by molar-refractivity contribution is -0.158. The lowest BCUT2D eigenvalue weighted by atomic mass is 9.81. The molecule has 0 bridgehead atoms. The minimum absolute atomic E-state index is 0.210. The van der Waals surface area contributed by atoms with Crippen LogP contribution >= 0.6 is 0 Å². The molecule has 0 saturated carbocycles. The van der Waals surface area contributed by atoms with Gasteiger partial charge in [-0.1, -0.05) is 30.3 Å². The van der Waals surface area contributed by atoms with Crippen LogP contribution in [0.5, 0.6) is 0 Å². The lowest BCUT2D eigenvalue weighted by Crippen LogP contribution is -2.71. The number of aromatic nitrogens is 1. The van der Waals surface area contributed by atoms with Crippen molar-refractivity contribution in [2.45, 2.75) is 31.2 Å². The molecule has 10 nitrogen and oxygen atoms in total. The van der Waals surface area contributed by atoms with Crippen molar-refractivity contribution in [3.8, 4) is 0 Å². The zero-order valence-electron chi connectivity index (χ0n) is 21.6. The second-order valence-electron chi connectivity index (χ2n) is 10.3. The summed E-state index contributed by atoms with van der Waals surface area (Å²) in [6.07, 6.45) is 3.75. The number of nitrogens with two attached hydrogens (primary N) is 1. The Kier molecular flexibility index (Phi) is 8.19. The van der Waals surface area contributed by atoms with E-state index in [0.717, 1.165) is 31.5 Å². The van der Waals surface area contributed by atoms with Crippen molar-refractivity contribution in [1.82, 2.24) is 25.0 Å². The summed E-state index contributed by atoms with van der Waals surface area (Å²) in [5.41, 5.74) is 7.83. The first-order chi connectivity index (χ1) is 18.5. The second-order valence-corrected chi connectivity index (χ2v) is 10.3. The van der Waals surface area contributed by atoms with Gasteiger partial charge >= 0.3 is 6.03 Å². The van der Waals surface area contributed by atoms with Crippen molar-refractivity contribution in [2.75, 3.05) is 58.2 Å². The molecule has 3 atom stereocenters. The van der Waals surface area contributed by atoms with Gasteiger partial charge in [0, 0.05) is 51.4 Å². The van der Waals surface area contributed by atoms with E-state index in [1.807, 2.05) is 18.2 Å². The van der Waals surface area contributed by atoms with Crippen LogP contribution in [-0.2, 0) is 20.7 Å². The maximum absolute atomic E-state index is 13.7. The summed E-state index contributed by atoms with van der Waals surface area (Å²) in [6.45, 7) is 5.26. The molecule has 5 rings (SSSR count). The number of carbonyl (C=O) groups is 3. The third kappa shape index (κ3) is 5.81. The smallest absolute Gasteiger partial charge is 0.327 e. The van der Waals surface area contributed by atoms with Crippen LogP contribution in [0.3, 0.4) is 0 Å². The highest BCUT2D eigenvalue weighted by molar-refractivity contribution is 6.09. The fourth-order valence-electron chi connectivity index (χ4n) is 5.70. The van der Waals surface area contributed by atoms with Crippen LogP contribution in [0.15, 0.2) is 48.7 Å². The van der Waals surface area contributed by atoms with Gasteiger partial charge in [-0.2, -0.15) is 0 Å². The van der Waals surface area contributed by atoms with Gasteiger partial charge in [0.2, 0.25) is 11.8 Å². The summed E-state index contributed by atoms with van der Waals surface area (Å²) in [4.78, 5) is 49.6. The number of urea groups is 1. The van der Waals surface area contributed by atoms with E-state index in [1.165, 1.54) is 10.5 Å². The Morgan fingerprint density at radius 2 is 1.89 bits per heavy atom. The fourth-order valence-corrected chi connectivity index (χ4v) is 5.70. The first kappa shape index (κ1) is 26.1. The van der Waals surface area contributed by atoms with E-state index in [1.54, 1.807) is 23.2 Å². The second kappa shape index (κ2) is 11.9. The van der Waals surface area contributed by atoms with E-state index in [4.69, 9.17) is 10.5 Å². The minimum atomic E-state index is -0.855. The molecule has 38 heavy (non-hydrogen) atoms. The number of nitrogens with zero attached hydrogens (tertiary/aromatic N) is 4. The maximum atomic E-state index is 13.7. The number of piperidine rings is 1. The van der Waals surface area contributed by atoms with Gasteiger partial charge in [0.05, 0.1) is 19.1 Å². The summed E-state index contributed by atoms with van der Waals surface area (Å²) in [7, 11) is 0. The number of imide groups is 1. The number of benzene rings is 1. The standard InChI is InChI=1S/C28H36N6O4/c29-24-18-20(8-9-30-24)17-23-25(26(35)31-10-12-32-13-15-38-16-14-32)34(27(23)36)28(37)33-11-4-7-22(19-33)21-5-2-1-3-6-21/h1-3,5-6,8-9,18,22-23,25H,4,7,10-17,19H2,(H2,29,30)(H,31,35)/t22-,23-,25+/m1/s1. The van der Waals surface area contributed by atoms with E-state index in [2.05, 4.69) is 27.3 Å². The SMILES string of the molecule is Nc1cc(C[C@H]2C(=O)N(C(=O)N3CCC[C@@H](c4ccccc4)C3)[C@@H]2C(=O)NCCN2CCOCC2)ccn1. The van der Waals surface area contributed by atoms with Gasteiger partial charge in [-0.05, 0) is 42.5 Å². The Hall–Kier alpha value is -3.50. The number of amides is 4. The third-order valence-electron chi connectivity index (χ3n) is 7.78. The van der Waals surface area contributed by atoms with Crippen molar-refractivity contribution in [1.29, 1.82) is 0 Å². The van der Waals surface area contributed by atoms with Gasteiger partial charge < -0.3 is 20.7 Å². The number of nitrogen functional groups attached to an aromatic ring is 1. The van der Waals surface area contributed by atoms with Crippen LogP contribution in [0.1, 0.15) is 29.9 Å². The topological polar surface area (TPSA) is 121 Å². The van der Waals surface area contributed by atoms with Crippen molar-refractivity contribution >= 4 is 23.7 Å². The van der Waals surface area contributed by atoms with E-state index in [9.17, 15) is 14.4 Å². The molecule has 3 fully saturated rings. The lowest BCUT2D eigenvalue weighted by Gasteiger charge is -2.47. The van der Waals surface area contributed by atoms with Gasteiger partial charge in [-0.15, -0.1) is 0 Å². The molecule has 4 amide bonds. The quantitative estimate of drug-likeness (QED) is 0.531. The van der Waals surface area contributed by atoms with Gasteiger partial charge in [0.1, 0.15) is 11.9 Å².